The molecule has 1 aliphatic heterocycles. The average Bonchev–Trinajstić information content (AvgIpc) is 3.20. The van der Waals surface area contributed by atoms with Crippen molar-refractivity contribution < 1.29 is 13.2 Å². The molecule has 0 unspecified atom stereocenters. The third-order valence-corrected chi connectivity index (χ3v) is 6.52. The van der Waals surface area contributed by atoms with Crippen LogP contribution in [0.5, 0.6) is 0 Å². The highest BCUT2D eigenvalue weighted by molar-refractivity contribution is 8.00. The van der Waals surface area contributed by atoms with E-state index in [1.54, 1.807) is 5.51 Å². The summed E-state index contributed by atoms with van der Waals surface area (Å²) in [5.74, 6) is -1.60. The first-order chi connectivity index (χ1) is 14.5. The fourth-order valence-corrected chi connectivity index (χ4v) is 4.54. The Bertz CT molecular complexity index is 1030. The normalized spacial score (nSPS) is 13.9. The molecule has 158 valence electrons. The van der Waals surface area contributed by atoms with E-state index in [0.29, 0.717) is 39.1 Å². The molecule has 0 amide bonds. The van der Waals surface area contributed by atoms with Gasteiger partial charge in [0.25, 0.3) is 0 Å². The van der Waals surface area contributed by atoms with Crippen molar-refractivity contribution in [1.82, 2.24) is 9.88 Å². The number of thiazole rings is 1. The second-order valence-corrected chi connectivity index (χ2v) is 8.83. The largest absolute Gasteiger partial charge is 0.380 e. The molecule has 1 saturated heterocycles. The van der Waals surface area contributed by atoms with Crippen LogP contribution >= 0.6 is 34.9 Å². The smallest absolute Gasteiger partial charge is 0.159 e. The molecular weight excluding hydrogens is 453 g/mol. The van der Waals surface area contributed by atoms with Crippen LogP contribution in [0.1, 0.15) is 17.5 Å². The molecule has 2 heterocycles. The molecule has 30 heavy (non-hydrogen) atoms. The maximum atomic E-state index is 14.5. The van der Waals surface area contributed by atoms with Crippen molar-refractivity contribution in [1.29, 1.82) is 0 Å². The van der Waals surface area contributed by atoms with Crippen molar-refractivity contribution in [3.05, 3.63) is 68.8 Å². The number of likely N-dealkylation sites (tertiary alicyclic amines) is 1. The Kier molecular flexibility index (Phi) is 6.72. The minimum absolute atomic E-state index is 0.198. The summed E-state index contributed by atoms with van der Waals surface area (Å²) < 4.78 is 45.0. The first kappa shape index (κ1) is 21.3. The minimum Gasteiger partial charge on any atom is -0.380 e. The van der Waals surface area contributed by atoms with E-state index >= 15 is 0 Å². The lowest BCUT2D eigenvalue weighted by Crippen LogP contribution is -2.36. The molecule has 1 fully saturated rings. The van der Waals surface area contributed by atoms with Crippen LogP contribution in [-0.4, -0.2) is 23.0 Å². The number of rotatable bonds is 8. The number of hydrogen-bond acceptors (Lipinski definition) is 6. The Morgan fingerprint density at radius 3 is 2.50 bits per heavy atom. The van der Waals surface area contributed by atoms with Crippen LogP contribution in [-0.2, 0) is 13.1 Å². The predicted octanol–water partition coefficient (Wildman–Crippen LogP) is 6.15. The standard InChI is InChI=1S/C20H18ClF3N4S2/c21-14-6-19(30-27-20-10-29-11-26-20)17(24)7-18(14)25-8-12-4-15(22)16(23)5-13(12)9-28-2-1-3-28/h4-7,10-11,25,27H,1-3,8-9H2. The van der Waals surface area contributed by atoms with Crippen molar-refractivity contribution in [3.8, 4) is 0 Å². The molecular formula is C20H18ClF3N4S2. The Morgan fingerprint density at radius 2 is 1.83 bits per heavy atom. The van der Waals surface area contributed by atoms with E-state index in [0.717, 1.165) is 31.5 Å². The molecule has 4 nitrogen and oxygen atoms in total. The van der Waals surface area contributed by atoms with Gasteiger partial charge in [0.1, 0.15) is 11.6 Å². The van der Waals surface area contributed by atoms with Gasteiger partial charge in [-0.2, -0.15) is 0 Å². The molecule has 1 aromatic heterocycles. The van der Waals surface area contributed by atoms with Crippen LogP contribution in [0.4, 0.5) is 24.7 Å². The monoisotopic (exact) mass is 470 g/mol. The third-order valence-electron chi connectivity index (χ3n) is 4.77. The zero-order chi connectivity index (χ0) is 21.1. The molecule has 2 aromatic carbocycles. The van der Waals surface area contributed by atoms with Gasteiger partial charge in [0.15, 0.2) is 11.6 Å². The molecule has 0 radical (unpaired) electrons. The fraction of sp³-hybridized carbons (Fsp3) is 0.250. The zero-order valence-electron chi connectivity index (χ0n) is 15.7. The highest BCUT2D eigenvalue weighted by Crippen LogP contribution is 2.32. The Hall–Kier alpha value is -1.94. The van der Waals surface area contributed by atoms with Crippen LogP contribution < -0.4 is 10.0 Å². The number of nitrogens with zero attached hydrogens (tertiary/aromatic N) is 2. The second kappa shape index (κ2) is 9.47. The van der Waals surface area contributed by atoms with Gasteiger partial charge in [0, 0.05) is 18.5 Å². The van der Waals surface area contributed by atoms with Gasteiger partial charge in [-0.3, -0.25) is 4.90 Å². The van der Waals surface area contributed by atoms with E-state index in [-0.39, 0.29) is 6.54 Å². The number of benzene rings is 2. The molecule has 0 saturated carbocycles. The van der Waals surface area contributed by atoms with Crippen molar-refractivity contribution in [2.75, 3.05) is 23.1 Å². The Balaban J connectivity index is 1.46. The van der Waals surface area contributed by atoms with Crippen LogP contribution in [0.15, 0.2) is 40.1 Å². The number of halogens is 4. The Morgan fingerprint density at radius 1 is 1.07 bits per heavy atom. The summed E-state index contributed by atoms with van der Waals surface area (Å²) in [5.41, 5.74) is 3.37. The molecule has 3 aromatic rings. The first-order valence-electron chi connectivity index (χ1n) is 9.22. The van der Waals surface area contributed by atoms with Gasteiger partial charge >= 0.3 is 0 Å². The lowest BCUT2D eigenvalue weighted by molar-refractivity contribution is 0.172. The van der Waals surface area contributed by atoms with Crippen LogP contribution in [0.2, 0.25) is 5.02 Å². The van der Waals surface area contributed by atoms with E-state index in [4.69, 9.17) is 11.6 Å². The topological polar surface area (TPSA) is 40.2 Å². The SMILES string of the molecule is Fc1cc(CNc2cc(F)c(SNc3cscn3)cc2Cl)c(CN2CCC2)cc1F. The third kappa shape index (κ3) is 5.03. The van der Waals surface area contributed by atoms with Gasteiger partial charge in [-0.15, -0.1) is 11.3 Å². The maximum Gasteiger partial charge on any atom is 0.159 e. The lowest BCUT2D eigenvalue weighted by atomic mass is 10.0. The molecule has 0 atom stereocenters. The Labute approximate surface area is 185 Å². The van der Waals surface area contributed by atoms with Crippen molar-refractivity contribution in [3.63, 3.8) is 0 Å². The molecule has 4 rings (SSSR count). The highest BCUT2D eigenvalue weighted by atomic mass is 35.5. The number of aromatic nitrogens is 1. The van der Waals surface area contributed by atoms with Gasteiger partial charge in [-0.1, -0.05) is 11.6 Å². The van der Waals surface area contributed by atoms with E-state index in [9.17, 15) is 13.2 Å². The van der Waals surface area contributed by atoms with E-state index in [1.807, 2.05) is 5.38 Å². The summed E-state index contributed by atoms with van der Waals surface area (Å²) in [4.78, 5) is 6.56. The summed E-state index contributed by atoms with van der Waals surface area (Å²) >= 11 is 8.82. The second-order valence-electron chi connectivity index (χ2n) is 6.86. The molecule has 0 aliphatic carbocycles. The maximum absolute atomic E-state index is 14.5. The van der Waals surface area contributed by atoms with Crippen LogP contribution in [0.25, 0.3) is 0 Å². The number of hydrogen-bond donors (Lipinski definition) is 2. The van der Waals surface area contributed by atoms with Gasteiger partial charge in [-0.25, -0.2) is 18.2 Å². The molecule has 0 bridgehead atoms. The summed E-state index contributed by atoms with van der Waals surface area (Å²) in [5, 5.41) is 5.18. The summed E-state index contributed by atoms with van der Waals surface area (Å²) in [7, 11) is 0. The molecule has 2 N–H and O–H groups in total. The van der Waals surface area contributed by atoms with E-state index in [1.165, 1.54) is 35.6 Å². The number of nitrogens with one attached hydrogen (secondary N) is 2. The zero-order valence-corrected chi connectivity index (χ0v) is 18.1. The average molecular weight is 471 g/mol. The fourth-order valence-electron chi connectivity index (χ4n) is 3.02. The number of anilines is 2. The van der Waals surface area contributed by atoms with E-state index in [2.05, 4.69) is 19.9 Å². The van der Waals surface area contributed by atoms with E-state index < -0.39 is 17.5 Å². The van der Waals surface area contributed by atoms with Gasteiger partial charge < -0.3 is 10.0 Å². The van der Waals surface area contributed by atoms with Crippen LogP contribution in [0, 0.1) is 17.5 Å². The minimum atomic E-state index is -0.906. The van der Waals surface area contributed by atoms with Gasteiger partial charge in [0.2, 0.25) is 0 Å². The highest BCUT2D eigenvalue weighted by Gasteiger charge is 2.18. The summed E-state index contributed by atoms with van der Waals surface area (Å²) in [6.07, 6.45) is 1.10. The van der Waals surface area contributed by atoms with Crippen molar-refractivity contribution in [2.45, 2.75) is 24.4 Å². The van der Waals surface area contributed by atoms with Crippen LogP contribution in [0.3, 0.4) is 0 Å². The summed E-state index contributed by atoms with van der Waals surface area (Å²) in [6, 6.07) is 5.22. The lowest BCUT2D eigenvalue weighted by Gasteiger charge is -2.31. The molecule has 1 aliphatic rings. The molecule has 0 spiro atoms. The first-order valence-corrected chi connectivity index (χ1v) is 11.4. The quantitative estimate of drug-likeness (QED) is 0.386. The van der Waals surface area contributed by atoms with Crippen molar-refractivity contribution in [2.24, 2.45) is 0 Å². The molecule has 10 heteroatoms. The predicted molar refractivity (Wildman–Crippen MR) is 117 cm³/mol. The summed E-state index contributed by atoms with van der Waals surface area (Å²) in [6.45, 7) is 2.63. The van der Waals surface area contributed by atoms with Gasteiger partial charge in [-0.05, 0) is 66.9 Å². The van der Waals surface area contributed by atoms with Crippen molar-refractivity contribution >= 4 is 46.4 Å². The van der Waals surface area contributed by atoms with Gasteiger partial charge in [0.05, 0.1) is 21.1 Å².